The fourth-order valence-electron chi connectivity index (χ4n) is 1.25. The van der Waals surface area contributed by atoms with Gasteiger partial charge >= 0.3 is 12.1 Å². The molecule has 1 aromatic carbocycles. The molecule has 0 bridgehead atoms. The highest BCUT2D eigenvalue weighted by atomic mass is 16.5. The normalized spacial score (nSPS) is 10.2. The van der Waals surface area contributed by atoms with Crippen LogP contribution in [0.5, 0.6) is 0 Å². The minimum absolute atomic E-state index is 0.266. The predicted octanol–water partition coefficient (Wildman–Crippen LogP) is 2.08. The van der Waals surface area contributed by atoms with Gasteiger partial charge in [0.15, 0.2) is 5.78 Å². The third-order valence-electron chi connectivity index (χ3n) is 2.07. The van der Waals surface area contributed by atoms with Gasteiger partial charge in [-0.3, -0.25) is 10.1 Å². The first kappa shape index (κ1) is 14.4. The molecule has 0 saturated heterocycles. The maximum Gasteiger partial charge on any atom is 0.411 e. The van der Waals surface area contributed by atoms with Gasteiger partial charge in [-0.2, -0.15) is 0 Å². The standard InChI is InChI=1S/C13H13NO5/c1-2-19-13(18)14-10-5-3-9(4-6-10)11(15)7-8-12(16)17/h3-8H,2H2,1H3,(H,14,18)(H,16,17)/b8-7+. The van der Waals surface area contributed by atoms with Crippen LogP contribution >= 0.6 is 0 Å². The van der Waals surface area contributed by atoms with Gasteiger partial charge in [0, 0.05) is 17.3 Å². The highest BCUT2D eigenvalue weighted by molar-refractivity contribution is 6.07. The summed E-state index contributed by atoms with van der Waals surface area (Å²) in [4.78, 5) is 32.9. The topological polar surface area (TPSA) is 92.7 Å². The third-order valence-corrected chi connectivity index (χ3v) is 2.07. The summed E-state index contributed by atoms with van der Waals surface area (Å²) >= 11 is 0. The lowest BCUT2D eigenvalue weighted by Gasteiger charge is -2.05. The summed E-state index contributed by atoms with van der Waals surface area (Å²) in [6.45, 7) is 1.96. The van der Waals surface area contributed by atoms with Gasteiger partial charge in [-0.25, -0.2) is 9.59 Å². The molecule has 0 aliphatic carbocycles. The molecule has 19 heavy (non-hydrogen) atoms. The van der Waals surface area contributed by atoms with Crippen LogP contribution in [0.3, 0.4) is 0 Å². The van der Waals surface area contributed by atoms with Crippen molar-refractivity contribution in [3.05, 3.63) is 42.0 Å². The third kappa shape index (κ3) is 5.03. The number of hydrogen-bond donors (Lipinski definition) is 2. The molecule has 0 heterocycles. The smallest absolute Gasteiger partial charge is 0.411 e. The Balaban J connectivity index is 2.68. The van der Waals surface area contributed by atoms with Crippen LogP contribution in [0.1, 0.15) is 17.3 Å². The number of rotatable bonds is 5. The number of anilines is 1. The Morgan fingerprint density at radius 3 is 2.37 bits per heavy atom. The van der Waals surface area contributed by atoms with Gasteiger partial charge < -0.3 is 9.84 Å². The van der Waals surface area contributed by atoms with Crippen molar-refractivity contribution in [3.63, 3.8) is 0 Å². The van der Waals surface area contributed by atoms with Crippen LogP contribution in [-0.2, 0) is 9.53 Å². The maximum absolute atomic E-state index is 11.5. The summed E-state index contributed by atoms with van der Waals surface area (Å²) < 4.78 is 4.69. The van der Waals surface area contributed by atoms with Gasteiger partial charge in [0.1, 0.15) is 0 Å². The number of amides is 1. The summed E-state index contributed by atoms with van der Waals surface area (Å²) in [5.41, 5.74) is 0.809. The van der Waals surface area contributed by atoms with E-state index in [1.54, 1.807) is 6.92 Å². The number of carbonyl (C=O) groups excluding carboxylic acids is 2. The van der Waals surface area contributed by atoms with Crippen LogP contribution in [0.15, 0.2) is 36.4 Å². The zero-order valence-corrected chi connectivity index (χ0v) is 10.3. The van der Waals surface area contributed by atoms with E-state index in [2.05, 4.69) is 5.32 Å². The van der Waals surface area contributed by atoms with E-state index in [4.69, 9.17) is 9.84 Å². The quantitative estimate of drug-likeness (QED) is 0.626. The van der Waals surface area contributed by atoms with Crippen LogP contribution in [0.4, 0.5) is 10.5 Å². The van der Waals surface area contributed by atoms with Gasteiger partial charge in [-0.15, -0.1) is 0 Å². The lowest BCUT2D eigenvalue weighted by Crippen LogP contribution is -2.13. The molecule has 6 heteroatoms. The molecule has 0 aliphatic heterocycles. The number of benzene rings is 1. The van der Waals surface area contributed by atoms with Crippen LogP contribution in [-0.4, -0.2) is 29.6 Å². The van der Waals surface area contributed by atoms with Gasteiger partial charge in [-0.05, 0) is 37.3 Å². The summed E-state index contributed by atoms with van der Waals surface area (Å²) in [5.74, 6) is -1.61. The van der Waals surface area contributed by atoms with Crippen LogP contribution < -0.4 is 5.32 Å². The monoisotopic (exact) mass is 263 g/mol. The first-order chi connectivity index (χ1) is 9.02. The van der Waals surface area contributed by atoms with E-state index in [0.29, 0.717) is 11.3 Å². The summed E-state index contributed by atoms with van der Waals surface area (Å²) in [6, 6.07) is 6.02. The molecular weight excluding hydrogens is 250 g/mol. The predicted molar refractivity (Wildman–Crippen MR) is 68.2 cm³/mol. The average Bonchev–Trinajstić information content (AvgIpc) is 2.37. The van der Waals surface area contributed by atoms with Gasteiger partial charge in [0.2, 0.25) is 0 Å². The van der Waals surface area contributed by atoms with Crippen molar-refractivity contribution in [1.82, 2.24) is 0 Å². The van der Waals surface area contributed by atoms with Crippen LogP contribution in [0.25, 0.3) is 0 Å². The minimum Gasteiger partial charge on any atom is -0.478 e. The maximum atomic E-state index is 11.5. The molecular formula is C13H13NO5. The molecule has 0 radical (unpaired) electrons. The fourth-order valence-corrected chi connectivity index (χ4v) is 1.25. The van der Waals surface area contributed by atoms with E-state index >= 15 is 0 Å². The number of carboxylic acids is 1. The second-order valence-electron chi connectivity index (χ2n) is 3.46. The Kier molecular flexibility index (Phi) is 5.28. The molecule has 0 aromatic heterocycles. The fraction of sp³-hybridized carbons (Fsp3) is 0.154. The van der Waals surface area contributed by atoms with Gasteiger partial charge in [-0.1, -0.05) is 0 Å². The van der Waals surface area contributed by atoms with Crippen molar-refractivity contribution in [2.45, 2.75) is 6.92 Å². The van der Waals surface area contributed by atoms with Crippen molar-refractivity contribution < 1.29 is 24.2 Å². The number of carbonyl (C=O) groups is 3. The summed E-state index contributed by atoms with van der Waals surface area (Å²) in [6.07, 6.45) is 1.16. The number of nitrogens with one attached hydrogen (secondary N) is 1. The van der Waals surface area contributed by atoms with Crippen molar-refractivity contribution in [1.29, 1.82) is 0 Å². The zero-order valence-electron chi connectivity index (χ0n) is 10.3. The minimum atomic E-state index is -1.19. The average molecular weight is 263 g/mol. The highest BCUT2D eigenvalue weighted by Gasteiger charge is 2.05. The Morgan fingerprint density at radius 2 is 1.84 bits per heavy atom. The molecule has 0 saturated carbocycles. The van der Waals surface area contributed by atoms with E-state index in [0.717, 1.165) is 12.2 Å². The van der Waals surface area contributed by atoms with Crippen molar-refractivity contribution in [2.75, 3.05) is 11.9 Å². The SMILES string of the molecule is CCOC(=O)Nc1ccc(C(=O)/C=C/C(=O)O)cc1. The number of aliphatic carboxylic acids is 1. The van der Waals surface area contributed by atoms with Crippen molar-refractivity contribution in [3.8, 4) is 0 Å². The lowest BCUT2D eigenvalue weighted by atomic mass is 10.1. The molecule has 0 atom stereocenters. The second kappa shape index (κ2) is 6.95. The molecule has 1 amide bonds. The zero-order chi connectivity index (χ0) is 14.3. The molecule has 0 fully saturated rings. The van der Waals surface area contributed by atoms with E-state index in [9.17, 15) is 14.4 Å². The Bertz CT molecular complexity index is 504. The second-order valence-corrected chi connectivity index (χ2v) is 3.46. The van der Waals surface area contributed by atoms with Crippen molar-refractivity contribution in [2.24, 2.45) is 0 Å². The van der Waals surface area contributed by atoms with E-state index < -0.39 is 17.8 Å². The number of ketones is 1. The van der Waals surface area contributed by atoms with E-state index in [1.807, 2.05) is 0 Å². The number of allylic oxidation sites excluding steroid dienone is 1. The molecule has 2 N–H and O–H groups in total. The molecule has 1 aromatic rings. The van der Waals surface area contributed by atoms with Gasteiger partial charge in [0.25, 0.3) is 0 Å². The molecule has 0 spiro atoms. The summed E-state index contributed by atoms with van der Waals surface area (Å²) in [5, 5.41) is 10.9. The largest absolute Gasteiger partial charge is 0.478 e. The number of hydrogen-bond acceptors (Lipinski definition) is 4. The number of carboxylic acid groups (broad SMARTS) is 1. The first-order valence-corrected chi connectivity index (χ1v) is 5.52. The molecule has 1 rings (SSSR count). The molecule has 0 aliphatic rings. The van der Waals surface area contributed by atoms with Crippen LogP contribution in [0, 0.1) is 0 Å². The van der Waals surface area contributed by atoms with Gasteiger partial charge in [0.05, 0.1) is 6.61 Å². The lowest BCUT2D eigenvalue weighted by molar-refractivity contribution is -0.131. The van der Waals surface area contributed by atoms with E-state index in [1.165, 1.54) is 24.3 Å². The number of ether oxygens (including phenoxy) is 1. The molecule has 100 valence electrons. The Morgan fingerprint density at radius 1 is 1.21 bits per heavy atom. The first-order valence-electron chi connectivity index (χ1n) is 5.52. The Labute approximate surface area is 109 Å². The van der Waals surface area contributed by atoms with Crippen LogP contribution in [0.2, 0.25) is 0 Å². The van der Waals surface area contributed by atoms with Crippen molar-refractivity contribution >= 4 is 23.5 Å². The van der Waals surface area contributed by atoms with E-state index in [-0.39, 0.29) is 6.61 Å². The molecule has 0 unspecified atom stereocenters. The Hall–Kier alpha value is -2.63. The molecule has 6 nitrogen and oxygen atoms in total. The summed E-state index contributed by atoms with van der Waals surface area (Å²) in [7, 11) is 0. The highest BCUT2D eigenvalue weighted by Crippen LogP contribution is 2.10.